The molecule has 0 bridgehead atoms. The van der Waals surface area contributed by atoms with Crippen molar-refractivity contribution in [2.45, 2.75) is 46.1 Å². The lowest BCUT2D eigenvalue weighted by atomic mass is 9.93. The summed E-state index contributed by atoms with van der Waals surface area (Å²) in [6.45, 7) is 11.0. The van der Waals surface area contributed by atoms with E-state index in [9.17, 15) is 4.79 Å². The van der Waals surface area contributed by atoms with Gasteiger partial charge in [0.1, 0.15) is 17.6 Å². The van der Waals surface area contributed by atoms with Crippen LogP contribution >= 0.6 is 11.6 Å². The van der Waals surface area contributed by atoms with Crippen LogP contribution in [0.4, 0.5) is 11.6 Å². The van der Waals surface area contributed by atoms with E-state index < -0.39 is 6.04 Å². The molecule has 2 aromatic heterocycles. The zero-order valence-corrected chi connectivity index (χ0v) is 16.5. The molecule has 0 aliphatic carbocycles. The standard InChI is InChI=1S/C15H19ClN6O2.C2H6/c1-15(2,3)10-6-11(21-24-10)19-13(23)9-7-17-8-22(9)12-4-5-18-14(16)20-12;1-2/h4-6,9,17H,7-8H2,1-3H3,(H,19,21,23);1-2H3. The molecule has 1 amide bonds. The van der Waals surface area contributed by atoms with E-state index in [1.54, 1.807) is 18.3 Å². The van der Waals surface area contributed by atoms with Crippen LogP contribution in [0.15, 0.2) is 22.9 Å². The van der Waals surface area contributed by atoms with Gasteiger partial charge in [-0.05, 0) is 17.7 Å². The average Bonchev–Trinajstić information content (AvgIpc) is 3.25. The van der Waals surface area contributed by atoms with Gasteiger partial charge in [-0.15, -0.1) is 0 Å². The van der Waals surface area contributed by atoms with Crippen molar-refractivity contribution in [3.05, 3.63) is 29.4 Å². The average molecular weight is 381 g/mol. The quantitative estimate of drug-likeness (QED) is 0.790. The molecule has 8 nitrogen and oxygen atoms in total. The Labute approximate surface area is 158 Å². The van der Waals surface area contributed by atoms with Crippen LogP contribution in [0, 0.1) is 0 Å². The summed E-state index contributed by atoms with van der Waals surface area (Å²) < 4.78 is 5.29. The second-order valence-corrected chi connectivity index (χ2v) is 6.94. The zero-order chi connectivity index (χ0) is 19.3. The molecule has 2 N–H and O–H groups in total. The number of carbonyl (C=O) groups is 1. The fourth-order valence-corrected chi connectivity index (χ4v) is 2.54. The van der Waals surface area contributed by atoms with Gasteiger partial charge in [-0.3, -0.25) is 10.1 Å². The lowest BCUT2D eigenvalue weighted by Gasteiger charge is -2.23. The normalized spacial score (nSPS) is 16.8. The van der Waals surface area contributed by atoms with Gasteiger partial charge in [0.15, 0.2) is 5.82 Å². The Morgan fingerprint density at radius 1 is 1.42 bits per heavy atom. The predicted molar refractivity (Wildman–Crippen MR) is 101 cm³/mol. The minimum absolute atomic E-state index is 0.143. The van der Waals surface area contributed by atoms with E-state index in [1.165, 1.54) is 0 Å². The number of halogens is 1. The molecule has 0 spiro atoms. The third-order valence-corrected chi connectivity index (χ3v) is 3.89. The Hall–Kier alpha value is -2.19. The van der Waals surface area contributed by atoms with Crippen molar-refractivity contribution in [2.24, 2.45) is 0 Å². The van der Waals surface area contributed by atoms with Crippen molar-refractivity contribution in [3.63, 3.8) is 0 Å². The first kappa shape index (κ1) is 20.1. The maximum atomic E-state index is 12.6. The molecule has 3 heterocycles. The second kappa shape index (κ2) is 8.46. The van der Waals surface area contributed by atoms with E-state index in [0.717, 1.165) is 0 Å². The summed E-state index contributed by atoms with van der Waals surface area (Å²) in [5.41, 5.74) is -0.172. The first-order valence-electron chi connectivity index (χ1n) is 8.58. The van der Waals surface area contributed by atoms with Gasteiger partial charge in [-0.2, -0.15) is 0 Å². The van der Waals surface area contributed by atoms with Crippen LogP contribution in [-0.2, 0) is 10.2 Å². The van der Waals surface area contributed by atoms with E-state index in [2.05, 4.69) is 25.8 Å². The molecule has 3 rings (SSSR count). The monoisotopic (exact) mass is 380 g/mol. The maximum absolute atomic E-state index is 12.6. The largest absolute Gasteiger partial charge is 0.359 e. The summed E-state index contributed by atoms with van der Waals surface area (Å²) in [5, 5.41) is 10.00. The first-order valence-corrected chi connectivity index (χ1v) is 8.96. The molecule has 0 saturated carbocycles. The van der Waals surface area contributed by atoms with Gasteiger partial charge in [-0.25, -0.2) is 9.97 Å². The highest BCUT2D eigenvalue weighted by Crippen LogP contribution is 2.25. The molecule has 1 fully saturated rings. The number of aromatic nitrogens is 3. The molecule has 0 radical (unpaired) electrons. The Kier molecular flexibility index (Phi) is 6.55. The summed E-state index contributed by atoms with van der Waals surface area (Å²) in [7, 11) is 0. The van der Waals surface area contributed by atoms with Crippen molar-refractivity contribution >= 4 is 29.1 Å². The summed E-state index contributed by atoms with van der Waals surface area (Å²) >= 11 is 5.83. The van der Waals surface area contributed by atoms with Crippen molar-refractivity contribution < 1.29 is 9.32 Å². The number of anilines is 2. The molecular weight excluding hydrogens is 356 g/mol. The van der Waals surface area contributed by atoms with E-state index in [4.69, 9.17) is 16.1 Å². The van der Waals surface area contributed by atoms with Crippen molar-refractivity contribution in [2.75, 3.05) is 23.4 Å². The van der Waals surface area contributed by atoms with Crippen LogP contribution in [0.2, 0.25) is 5.28 Å². The summed E-state index contributed by atoms with van der Waals surface area (Å²) in [4.78, 5) is 22.4. The van der Waals surface area contributed by atoms with Crippen LogP contribution in [0.25, 0.3) is 0 Å². The minimum Gasteiger partial charge on any atom is -0.359 e. The van der Waals surface area contributed by atoms with E-state index in [0.29, 0.717) is 30.6 Å². The summed E-state index contributed by atoms with van der Waals surface area (Å²) in [5.74, 6) is 1.51. The number of hydrogen-bond donors (Lipinski definition) is 2. The Morgan fingerprint density at radius 2 is 2.15 bits per heavy atom. The van der Waals surface area contributed by atoms with Crippen molar-refractivity contribution in [3.8, 4) is 0 Å². The van der Waals surface area contributed by atoms with Gasteiger partial charge >= 0.3 is 0 Å². The van der Waals surface area contributed by atoms with E-state index >= 15 is 0 Å². The Balaban J connectivity index is 0.00000117. The second-order valence-electron chi connectivity index (χ2n) is 6.60. The van der Waals surface area contributed by atoms with Gasteiger partial charge in [0, 0.05) is 24.2 Å². The lowest BCUT2D eigenvalue weighted by Crippen LogP contribution is -2.41. The number of nitrogens with zero attached hydrogens (tertiary/aromatic N) is 4. The lowest BCUT2D eigenvalue weighted by molar-refractivity contribution is -0.117. The van der Waals surface area contributed by atoms with Crippen LogP contribution in [0.3, 0.4) is 0 Å². The molecule has 2 aromatic rings. The molecular formula is C17H25ClN6O2. The summed E-state index contributed by atoms with van der Waals surface area (Å²) in [6, 6.07) is 3.03. The van der Waals surface area contributed by atoms with Crippen LogP contribution in [-0.4, -0.2) is 40.3 Å². The van der Waals surface area contributed by atoms with E-state index in [-0.39, 0.29) is 16.6 Å². The molecule has 1 aliphatic heterocycles. The molecule has 1 atom stereocenters. The summed E-state index contributed by atoms with van der Waals surface area (Å²) in [6.07, 6.45) is 1.56. The zero-order valence-electron chi connectivity index (χ0n) is 15.7. The third kappa shape index (κ3) is 4.70. The van der Waals surface area contributed by atoms with Gasteiger partial charge in [0.2, 0.25) is 11.2 Å². The SMILES string of the molecule is CC.CC(C)(C)c1cc(NC(=O)C2CNCN2c2ccnc(Cl)n2)no1. The fraction of sp³-hybridized carbons (Fsp3) is 0.529. The third-order valence-electron chi connectivity index (χ3n) is 3.71. The number of rotatable bonds is 3. The fourth-order valence-electron chi connectivity index (χ4n) is 2.40. The number of nitrogens with one attached hydrogen (secondary N) is 2. The molecule has 1 saturated heterocycles. The van der Waals surface area contributed by atoms with Crippen LogP contribution < -0.4 is 15.5 Å². The molecule has 9 heteroatoms. The van der Waals surface area contributed by atoms with Crippen LogP contribution in [0.1, 0.15) is 40.4 Å². The predicted octanol–water partition coefficient (Wildman–Crippen LogP) is 2.82. The number of hydrogen-bond acceptors (Lipinski definition) is 7. The molecule has 1 aliphatic rings. The Bertz CT molecular complexity index is 743. The van der Waals surface area contributed by atoms with Crippen LogP contribution in [0.5, 0.6) is 0 Å². The smallest absolute Gasteiger partial charge is 0.249 e. The van der Waals surface area contributed by atoms with E-state index in [1.807, 2.05) is 39.5 Å². The van der Waals surface area contributed by atoms with Gasteiger partial charge in [0.05, 0.1) is 6.67 Å². The minimum atomic E-state index is -0.425. The number of carbonyl (C=O) groups excluding carboxylic acids is 1. The molecule has 0 aromatic carbocycles. The highest BCUT2D eigenvalue weighted by molar-refractivity contribution is 6.28. The maximum Gasteiger partial charge on any atom is 0.249 e. The van der Waals surface area contributed by atoms with Gasteiger partial charge < -0.3 is 14.7 Å². The van der Waals surface area contributed by atoms with Gasteiger partial charge in [0.25, 0.3) is 0 Å². The Morgan fingerprint density at radius 3 is 2.77 bits per heavy atom. The van der Waals surface area contributed by atoms with Gasteiger partial charge in [-0.1, -0.05) is 39.8 Å². The highest BCUT2D eigenvalue weighted by Gasteiger charge is 2.32. The molecule has 142 valence electrons. The molecule has 1 unspecified atom stereocenters. The topological polar surface area (TPSA) is 96.2 Å². The highest BCUT2D eigenvalue weighted by atomic mass is 35.5. The molecule has 26 heavy (non-hydrogen) atoms. The first-order chi connectivity index (χ1) is 12.3. The van der Waals surface area contributed by atoms with Crippen molar-refractivity contribution in [1.29, 1.82) is 0 Å². The van der Waals surface area contributed by atoms with Crippen molar-refractivity contribution in [1.82, 2.24) is 20.4 Å². The number of amides is 1.